The summed E-state index contributed by atoms with van der Waals surface area (Å²) in [5.74, 6) is -0.195. The Morgan fingerprint density at radius 2 is 1.88 bits per heavy atom. The molecule has 0 bridgehead atoms. The summed E-state index contributed by atoms with van der Waals surface area (Å²) in [6.45, 7) is 1.75. The second kappa shape index (κ2) is 5.01. The molecule has 1 aromatic heterocycles. The average Bonchev–Trinajstić information content (AvgIpc) is 2.36. The second-order valence-corrected chi connectivity index (χ2v) is 3.90. The summed E-state index contributed by atoms with van der Waals surface area (Å²) in [5, 5.41) is 3.13. The molecule has 0 aliphatic heterocycles. The fourth-order valence-electron chi connectivity index (χ4n) is 1.77. The number of nitrogens with one attached hydrogen (secondary N) is 1. The van der Waals surface area contributed by atoms with Gasteiger partial charge in [-0.25, -0.2) is 14.4 Å². The number of hydrogen-bond acceptors (Lipinski definition) is 3. The molecule has 88 valence electrons. The molecule has 1 heterocycles. The molecule has 0 amide bonds. The summed E-state index contributed by atoms with van der Waals surface area (Å²) >= 11 is 0. The smallest absolute Gasteiger partial charge is 0.126 e. The van der Waals surface area contributed by atoms with Crippen molar-refractivity contribution >= 4 is 0 Å². The van der Waals surface area contributed by atoms with Gasteiger partial charge < -0.3 is 5.32 Å². The largest absolute Gasteiger partial charge is 0.309 e. The molecule has 2 aromatic rings. The lowest BCUT2D eigenvalue weighted by atomic mass is 10.00. The van der Waals surface area contributed by atoms with Crippen molar-refractivity contribution in [3.8, 4) is 0 Å². The van der Waals surface area contributed by atoms with Crippen LogP contribution in [0, 0.1) is 12.7 Å². The number of hydrogen-bond donors (Lipinski definition) is 1. The predicted molar refractivity (Wildman–Crippen MR) is 64.1 cm³/mol. The minimum Gasteiger partial charge on any atom is -0.309 e. The highest BCUT2D eigenvalue weighted by molar-refractivity contribution is 5.31. The zero-order valence-corrected chi connectivity index (χ0v) is 9.81. The third-order valence-corrected chi connectivity index (χ3v) is 2.73. The van der Waals surface area contributed by atoms with Gasteiger partial charge in [-0.2, -0.15) is 0 Å². The van der Waals surface area contributed by atoms with Crippen LogP contribution in [0.15, 0.2) is 36.9 Å². The number of aromatic nitrogens is 2. The molecule has 0 aliphatic carbocycles. The molecule has 0 fully saturated rings. The summed E-state index contributed by atoms with van der Waals surface area (Å²) in [5.41, 5.74) is 2.43. The zero-order chi connectivity index (χ0) is 12.3. The third-order valence-electron chi connectivity index (χ3n) is 2.73. The standard InChI is InChI=1S/C13H14FN3/c1-9-3-4-10(5-12(9)14)13(15-2)11-6-16-8-17-7-11/h3-8,13,15H,1-2H3. The maximum absolute atomic E-state index is 13.5. The minimum absolute atomic E-state index is 0.0914. The summed E-state index contributed by atoms with van der Waals surface area (Å²) in [6.07, 6.45) is 4.93. The van der Waals surface area contributed by atoms with Crippen LogP contribution in [-0.4, -0.2) is 17.0 Å². The van der Waals surface area contributed by atoms with E-state index in [1.54, 1.807) is 31.5 Å². The highest BCUT2D eigenvalue weighted by Gasteiger charge is 2.13. The Labute approximate surface area is 99.7 Å². The number of benzene rings is 1. The predicted octanol–water partition coefficient (Wildman–Crippen LogP) is 2.23. The van der Waals surface area contributed by atoms with E-state index in [0.717, 1.165) is 11.1 Å². The van der Waals surface area contributed by atoms with Crippen LogP contribution in [0.25, 0.3) is 0 Å². The van der Waals surface area contributed by atoms with Crippen molar-refractivity contribution in [2.45, 2.75) is 13.0 Å². The van der Waals surface area contributed by atoms with Gasteiger partial charge in [0.2, 0.25) is 0 Å². The van der Waals surface area contributed by atoms with E-state index in [-0.39, 0.29) is 11.9 Å². The monoisotopic (exact) mass is 231 g/mol. The van der Waals surface area contributed by atoms with Crippen LogP contribution in [0.5, 0.6) is 0 Å². The van der Waals surface area contributed by atoms with Crippen LogP contribution in [0.4, 0.5) is 4.39 Å². The van der Waals surface area contributed by atoms with E-state index in [1.165, 1.54) is 6.33 Å². The molecule has 0 saturated heterocycles. The fourth-order valence-corrected chi connectivity index (χ4v) is 1.77. The van der Waals surface area contributed by atoms with Crippen LogP contribution in [0.1, 0.15) is 22.7 Å². The fraction of sp³-hybridized carbons (Fsp3) is 0.231. The SMILES string of the molecule is CNC(c1cncnc1)c1ccc(C)c(F)c1. The van der Waals surface area contributed by atoms with E-state index >= 15 is 0 Å². The van der Waals surface area contributed by atoms with E-state index in [2.05, 4.69) is 15.3 Å². The van der Waals surface area contributed by atoms with Crippen LogP contribution in [0.2, 0.25) is 0 Å². The topological polar surface area (TPSA) is 37.8 Å². The van der Waals surface area contributed by atoms with Crippen LogP contribution < -0.4 is 5.32 Å². The summed E-state index contributed by atoms with van der Waals surface area (Å²) in [6, 6.07) is 5.14. The van der Waals surface area contributed by atoms with E-state index < -0.39 is 0 Å². The molecular weight excluding hydrogens is 217 g/mol. The summed E-state index contributed by atoms with van der Waals surface area (Å²) in [4.78, 5) is 7.95. The lowest BCUT2D eigenvalue weighted by molar-refractivity contribution is 0.607. The first kappa shape index (κ1) is 11.7. The quantitative estimate of drug-likeness (QED) is 0.880. The first-order chi connectivity index (χ1) is 8.22. The van der Waals surface area contributed by atoms with Gasteiger partial charge in [0.25, 0.3) is 0 Å². The molecule has 0 radical (unpaired) electrons. The first-order valence-electron chi connectivity index (χ1n) is 5.40. The molecule has 1 N–H and O–H groups in total. The highest BCUT2D eigenvalue weighted by Crippen LogP contribution is 2.22. The Hall–Kier alpha value is -1.81. The Kier molecular flexibility index (Phi) is 3.44. The van der Waals surface area contributed by atoms with Gasteiger partial charge in [-0.15, -0.1) is 0 Å². The van der Waals surface area contributed by atoms with Gasteiger partial charge in [-0.1, -0.05) is 12.1 Å². The normalized spacial score (nSPS) is 12.4. The molecule has 4 heteroatoms. The molecule has 1 unspecified atom stereocenters. The van der Waals surface area contributed by atoms with Crippen molar-refractivity contribution in [3.63, 3.8) is 0 Å². The summed E-state index contributed by atoms with van der Waals surface area (Å²) < 4.78 is 13.5. The Morgan fingerprint density at radius 1 is 1.18 bits per heavy atom. The molecule has 3 nitrogen and oxygen atoms in total. The molecule has 1 atom stereocenters. The van der Waals surface area contributed by atoms with Gasteiger partial charge >= 0.3 is 0 Å². The van der Waals surface area contributed by atoms with Crippen molar-refractivity contribution < 1.29 is 4.39 Å². The molecule has 0 aliphatic rings. The average molecular weight is 231 g/mol. The lowest BCUT2D eigenvalue weighted by Crippen LogP contribution is -2.18. The lowest BCUT2D eigenvalue weighted by Gasteiger charge is -2.16. The molecule has 17 heavy (non-hydrogen) atoms. The molecule has 2 rings (SSSR count). The number of aryl methyl sites for hydroxylation is 1. The van der Waals surface area contributed by atoms with Crippen LogP contribution in [0.3, 0.4) is 0 Å². The van der Waals surface area contributed by atoms with Crippen molar-refractivity contribution in [3.05, 3.63) is 59.4 Å². The van der Waals surface area contributed by atoms with Crippen molar-refractivity contribution in [2.24, 2.45) is 0 Å². The molecule has 1 aromatic carbocycles. The van der Waals surface area contributed by atoms with Crippen LogP contribution >= 0.6 is 0 Å². The van der Waals surface area contributed by atoms with Crippen molar-refractivity contribution in [1.29, 1.82) is 0 Å². The van der Waals surface area contributed by atoms with Crippen molar-refractivity contribution in [1.82, 2.24) is 15.3 Å². The van der Waals surface area contributed by atoms with Gasteiger partial charge in [-0.3, -0.25) is 0 Å². The Balaban J connectivity index is 2.39. The van der Waals surface area contributed by atoms with E-state index in [4.69, 9.17) is 0 Å². The van der Waals surface area contributed by atoms with Gasteiger partial charge in [0.15, 0.2) is 0 Å². The maximum Gasteiger partial charge on any atom is 0.126 e. The van der Waals surface area contributed by atoms with Gasteiger partial charge in [0, 0.05) is 18.0 Å². The minimum atomic E-state index is -0.195. The zero-order valence-electron chi connectivity index (χ0n) is 9.81. The number of halogens is 1. The van der Waals surface area contributed by atoms with Gasteiger partial charge in [0.05, 0.1) is 6.04 Å². The maximum atomic E-state index is 13.5. The van der Waals surface area contributed by atoms with Gasteiger partial charge in [-0.05, 0) is 31.2 Å². The number of rotatable bonds is 3. The van der Waals surface area contributed by atoms with E-state index in [1.807, 2.05) is 13.1 Å². The molecule has 0 saturated carbocycles. The first-order valence-corrected chi connectivity index (χ1v) is 5.40. The van der Waals surface area contributed by atoms with E-state index in [0.29, 0.717) is 5.56 Å². The molecular formula is C13H14FN3. The molecule has 0 spiro atoms. The van der Waals surface area contributed by atoms with Crippen LogP contribution in [-0.2, 0) is 0 Å². The van der Waals surface area contributed by atoms with Crippen molar-refractivity contribution in [2.75, 3.05) is 7.05 Å². The highest BCUT2D eigenvalue weighted by atomic mass is 19.1. The Bertz CT molecular complexity index is 499. The number of nitrogens with zero attached hydrogens (tertiary/aromatic N) is 2. The van der Waals surface area contributed by atoms with Gasteiger partial charge in [0.1, 0.15) is 12.1 Å². The Morgan fingerprint density at radius 3 is 2.47 bits per heavy atom. The summed E-state index contributed by atoms with van der Waals surface area (Å²) in [7, 11) is 1.83. The third kappa shape index (κ3) is 2.47. The van der Waals surface area contributed by atoms with E-state index in [9.17, 15) is 4.39 Å². The second-order valence-electron chi connectivity index (χ2n) is 3.90.